The van der Waals surface area contributed by atoms with Crippen molar-refractivity contribution in [2.75, 3.05) is 33.3 Å². The molecule has 0 saturated carbocycles. The average Bonchev–Trinajstić information content (AvgIpc) is 3.17. The summed E-state index contributed by atoms with van der Waals surface area (Å²) in [6.07, 6.45) is 2.40. The van der Waals surface area contributed by atoms with E-state index in [-0.39, 0.29) is 18.2 Å². The van der Waals surface area contributed by atoms with Gasteiger partial charge in [-0.15, -0.1) is 0 Å². The van der Waals surface area contributed by atoms with Gasteiger partial charge in [0.2, 0.25) is 11.8 Å². The van der Waals surface area contributed by atoms with E-state index in [1.54, 1.807) is 7.11 Å². The quantitative estimate of drug-likeness (QED) is 0.868. The number of amides is 2. The summed E-state index contributed by atoms with van der Waals surface area (Å²) in [5.41, 5.74) is 3.48. The Kier molecular flexibility index (Phi) is 5.81. The number of hydrogen-bond acceptors (Lipinski definition) is 4. The minimum atomic E-state index is -0.390. The Morgan fingerprint density at radius 1 is 1.19 bits per heavy atom. The summed E-state index contributed by atoms with van der Waals surface area (Å²) >= 11 is 0. The van der Waals surface area contributed by atoms with Crippen LogP contribution < -0.4 is 10.1 Å². The van der Waals surface area contributed by atoms with Crippen LogP contribution in [0.15, 0.2) is 12.1 Å². The molecular weight excluding hydrogens is 330 g/mol. The molecule has 0 radical (unpaired) electrons. The van der Waals surface area contributed by atoms with Crippen LogP contribution in [-0.4, -0.2) is 60.9 Å². The number of nitrogens with one attached hydrogen (secondary N) is 1. The van der Waals surface area contributed by atoms with Crippen molar-refractivity contribution in [2.24, 2.45) is 0 Å². The molecule has 2 amide bonds. The fourth-order valence-corrected chi connectivity index (χ4v) is 3.90. The van der Waals surface area contributed by atoms with E-state index in [1.807, 2.05) is 11.0 Å². The number of ether oxygens (including phenoxy) is 1. The number of carbonyl (C=O) groups is 2. The molecule has 0 unspecified atom stereocenters. The van der Waals surface area contributed by atoms with Gasteiger partial charge < -0.3 is 15.0 Å². The molecular formula is C20H29N3O3. The van der Waals surface area contributed by atoms with Crippen molar-refractivity contribution in [3.63, 3.8) is 0 Å². The SMILES string of the molecule is COc1ccc(CN2CCNC(=O)[C@H]2CC(=O)N2CCCC2)c(C)c1C. The Morgan fingerprint density at radius 3 is 2.62 bits per heavy atom. The summed E-state index contributed by atoms with van der Waals surface area (Å²) < 4.78 is 5.39. The van der Waals surface area contributed by atoms with Gasteiger partial charge in [0, 0.05) is 32.7 Å². The summed E-state index contributed by atoms with van der Waals surface area (Å²) in [5.74, 6) is 0.937. The van der Waals surface area contributed by atoms with Crippen LogP contribution in [0.1, 0.15) is 36.0 Å². The lowest BCUT2D eigenvalue weighted by Gasteiger charge is -2.35. The van der Waals surface area contributed by atoms with Gasteiger partial charge in [0.1, 0.15) is 5.75 Å². The molecule has 6 nitrogen and oxygen atoms in total. The standard InChI is InChI=1S/C20H29N3O3/c1-14-15(2)18(26-3)7-6-16(14)13-23-11-8-21-20(25)17(23)12-19(24)22-9-4-5-10-22/h6-7,17H,4-5,8-13H2,1-3H3,(H,21,25)/t17-/m1/s1. The highest BCUT2D eigenvalue weighted by Gasteiger charge is 2.33. The summed E-state index contributed by atoms with van der Waals surface area (Å²) in [7, 11) is 1.68. The van der Waals surface area contributed by atoms with Crippen LogP contribution in [0.3, 0.4) is 0 Å². The Balaban J connectivity index is 1.75. The Bertz CT molecular complexity index is 683. The number of carbonyl (C=O) groups excluding carboxylic acids is 2. The number of rotatable bonds is 5. The lowest BCUT2D eigenvalue weighted by atomic mass is 10.00. The Morgan fingerprint density at radius 2 is 1.92 bits per heavy atom. The van der Waals surface area contributed by atoms with Crippen molar-refractivity contribution in [1.82, 2.24) is 15.1 Å². The van der Waals surface area contributed by atoms with E-state index >= 15 is 0 Å². The van der Waals surface area contributed by atoms with Gasteiger partial charge in [-0.25, -0.2) is 0 Å². The van der Waals surface area contributed by atoms with E-state index in [2.05, 4.69) is 30.1 Å². The number of likely N-dealkylation sites (tertiary alicyclic amines) is 1. The van der Waals surface area contributed by atoms with Crippen LogP contribution in [0.25, 0.3) is 0 Å². The first-order valence-electron chi connectivity index (χ1n) is 9.44. The topological polar surface area (TPSA) is 61.9 Å². The van der Waals surface area contributed by atoms with Crippen LogP contribution in [0, 0.1) is 13.8 Å². The van der Waals surface area contributed by atoms with E-state index in [9.17, 15) is 9.59 Å². The molecule has 0 spiro atoms. The monoisotopic (exact) mass is 359 g/mol. The molecule has 26 heavy (non-hydrogen) atoms. The van der Waals surface area contributed by atoms with Crippen molar-refractivity contribution in [2.45, 2.75) is 45.7 Å². The first kappa shape index (κ1) is 18.7. The Hall–Kier alpha value is -2.08. The maximum absolute atomic E-state index is 12.6. The predicted octanol–water partition coefficient (Wildman–Crippen LogP) is 1.62. The van der Waals surface area contributed by atoms with Gasteiger partial charge in [0.05, 0.1) is 19.6 Å². The summed E-state index contributed by atoms with van der Waals surface area (Å²) in [6, 6.07) is 3.65. The molecule has 0 aromatic heterocycles. The van der Waals surface area contributed by atoms with E-state index in [0.717, 1.165) is 43.8 Å². The van der Waals surface area contributed by atoms with Crippen LogP contribution in [-0.2, 0) is 16.1 Å². The minimum absolute atomic E-state index is 0.0355. The van der Waals surface area contributed by atoms with Crippen LogP contribution in [0.2, 0.25) is 0 Å². The molecule has 1 atom stereocenters. The fraction of sp³-hybridized carbons (Fsp3) is 0.600. The highest BCUT2D eigenvalue weighted by Crippen LogP contribution is 2.26. The third-order valence-corrected chi connectivity index (χ3v) is 5.71. The molecule has 6 heteroatoms. The minimum Gasteiger partial charge on any atom is -0.496 e. The van der Waals surface area contributed by atoms with Crippen LogP contribution in [0.4, 0.5) is 0 Å². The van der Waals surface area contributed by atoms with Crippen molar-refractivity contribution in [3.8, 4) is 5.75 Å². The molecule has 2 saturated heterocycles. The molecule has 2 aliphatic rings. The smallest absolute Gasteiger partial charge is 0.237 e. The maximum Gasteiger partial charge on any atom is 0.237 e. The molecule has 2 heterocycles. The molecule has 1 aromatic rings. The Labute approximate surface area is 155 Å². The fourth-order valence-electron chi connectivity index (χ4n) is 3.90. The van der Waals surface area contributed by atoms with Crippen LogP contribution >= 0.6 is 0 Å². The van der Waals surface area contributed by atoms with Crippen molar-refractivity contribution in [3.05, 3.63) is 28.8 Å². The van der Waals surface area contributed by atoms with Gasteiger partial charge in [-0.05, 0) is 49.4 Å². The summed E-state index contributed by atoms with van der Waals surface area (Å²) in [5, 5.41) is 2.92. The lowest BCUT2D eigenvalue weighted by molar-refractivity contribution is -0.138. The number of hydrogen-bond donors (Lipinski definition) is 1. The summed E-state index contributed by atoms with van der Waals surface area (Å²) in [4.78, 5) is 29.1. The zero-order valence-corrected chi connectivity index (χ0v) is 16.0. The predicted molar refractivity (Wildman–Crippen MR) is 100 cm³/mol. The first-order chi connectivity index (χ1) is 12.5. The maximum atomic E-state index is 12.6. The number of nitrogens with zero attached hydrogens (tertiary/aromatic N) is 2. The average molecular weight is 359 g/mol. The van der Waals surface area contributed by atoms with Crippen molar-refractivity contribution < 1.29 is 14.3 Å². The first-order valence-corrected chi connectivity index (χ1v) is 9.44. The highest BCUT2D eigenvalue weighted by atomic mass is 16.5. The van der Waals surface area contributed by atoms with E-state index < -0.39 is 6.04 Å². The molecule has 2 fully saturated rings. The molecule has 0 bridgehead atoms. The molecule has 0 aliphatic carbocycles. The molecule has 2 aliphatic heterocycles. The number of piperazine rings is 1. The van der Waals surface area contributed by atoms with Gasteiger partial charge in [0.15, 0.2) is 0 Å². The third-order valence-electron chi connectivity index (χ3n) is 5.71. The zero-order valence-electron chi connectivity index (χ0n) is 16.0. The number of methoxy groups -OCH3 is 1. The van der Waals surface area contributed by atoms with E-state index in [1.165, 1.54) is 11.1 Å². The van der Waals surface area contributed by atoms with E-state index in [0.29, 0.717) is 13.1 Å². The van der Waals surface area contributed by atoms with Gasteiger partial charge >= 0.3 is 0 Å². The lowest BCUT2D eigenvalue weighted by Crippen LogP contribution is -2.56. The highest BCUT2D eigenvalue weighted by molar-refractivity contribution is 5.89. The van der Waals surface area contributed by atoms with E-state index in [4.69, 9.17) is 4.74 Å². The second-order valence-corrected chi connectivity index (χ2v) is 7.25. The van der Waals surface area contributed by atoms with Gasteiger partial charge in [0.25, 0.3) is 0 Å². The summed E-state index contributed by atoms with van der Waals surface area (Å²) in [6.45, 7) is 7.84. The normalized spacial score (nSPS) is 21.0. The largest absolute Gasteiger partial charge is 0.496 e. The number of benzene rings is 1. The molecule has 3 rings (SSSR count). The van der Waals surface area contributed by atoms with Gasteiger partial charge in [-0.3, -0.25) is 14.5 Å². The van der Waals surface area contributed by atoms with Gasteiger partial charge in [-0.1, -0.05) is 6.07 Å². The molecule has 142 valence electrons. The van der Waals surface area contributed by atoms with Crippen LogP contribution in [0.5, 0.6) is 5.75 Å². The molecule has 1 aromatic carbocycles. The second kappa shape index (κ2) is 8.08. The molecule has 1 N–H and O–H groups in total. The van der Waals surface area contributed by atoms with Crippen molar-refractivity contribution in [1.29, 1.82) is 0 Å². The zero-order chi connectivity index (χ0) is 18.7. The van der Waals surface area contributed by atoms with Gasteiger partial charge in [-0.2, -0.15) is 0 Å². The second-order valence-electron chi connectivity index (χ2n) is 7.25. The van der Waals surface area contributed by atoms with Crippen molar-refractivity contribution >= 4 is 11.8 Å². The third kappa shape index (κ3) is 3.85.